The number of methoxy groups -OCH3 is 1. The van der Waals surface area contributed by atoms with Crippen LogP contribution in [0.15, 0.2) is 12.1 Å². The molecule has 1 N–H and O–H groups in total. The Morgan fingerprint density at radius 2 is 2.06 bits per heavy atom. The second-order valence-corrected chi connectivity index (χ2v) is 4.80. The van der Waals surface area contributed by atoms with Crippen molar-refractivity contribution in [1.29, 1.82) is 0 Å². The number of phenolic OH excluding ortho intramolecular Hbond substituents is 1. The quantitative estimate of drug-likeness (QED) is 0.790. The number of hydrogen-bond acceptors (Lipinski definition) is 3. The molecule has 0 unspecified atom stereocenters. The maximum atomic E-state index is 9.73. The number of hydrogen-bond donors (Lipinski definition) is 1. The van der Waals surface area contributed by atoms with E-state index in [0.717, 1.165) is 30.6 Å². The first-order valence-electron chi connectivity index (χ1n) is 5.81. The van der Waals surface area contributed by atoms with Crippen molar-refractivity contribution >= 4 is 0 Å². The Labute approximate surface area is 95.0 Å². The molecule has 1 aliphatic heterocycles. The van der Waals surface area contributed by atoms with E-state index in [2.05, 4.69) is 0 Å². The van der Waals surface area contributed by atoms with Gasteiger partial charge in [0.15, 0.2) is 11.5 Å². The molecule has 3 rings (SSSR count). The first kappa shape index (κ1) is 9.82. The second kappa shape index (κ2) is 3.30. The Bertz CT molecular complexity index is 419. The van der Waals surface area contributed by atoms with Crippen LogP contribution in [-0.4, -0.2) is 17.8 Å². The molecular weight excluding hydrogens is 204 g/mol. The first-order chi connectivity index (χ1) is 7.72. The summed E-state index contributed by atoms with van der Waals surface area (Å²) in [7, 11) is 1.56. The molecule has 0 radical (unpaired) electrons. The van der Waals surface area contributed by atoms with Crippen molar-refractivity contribution in [2.45, 2.75) is 37.7 Å². The van der Waals surface area contributed by atoms with Crippen molar-refractivity contribution in [2.75, 3.05) is 7.11 Å². The molecule has 0 amide bonds. The summed E-state index contributed by atoms with van der Waals surface area (Å²) in [5, 5.41) is 9.73. The van der Waals surface area contributed by atoms with E-state index in [-0.39, 0.29) is 11.4 Å². The first-order valence-corrected chi connectivity index (χ1v) is 5.81. The van der Waals surface area contributed by atoms with Crippen molar-refractivity contribution in [1.82, 2.24) is 0 Å². The Balaban J connectivity index is 1.97. The van der Waals surface area contributed by atoms with Gasteiger partial charge < -0.3 is 14.6 Å². The van der Waals surface area contributed by atoms with Gasteiger partial charge in [0.25, 0.3) is 0 Å². The van der Waals surface area contributed by atoms with Crippen LogP contribution in [0.4, 0.5) is 0 Å². The Kier molecular flexibility index (Phi) is 2.03. The molecule has 1 aliphatic carbocycles. The largest absolute Gasteiger partial charge is 0.504 e. The lowest BCUT2D eigenvalue weighted by atomic mass is 9.95. The van der Waals surface area contributed by atoms with Crippen molar-refractivity contribution in [3.05, 3.63) is 17.7 Å². The van der Waals surface area contributed by atoms with E-state index in [9.17, 15) is 5.11 Å². The average Bonchev–Trinajstić information content (AvgIpc) is 2.84. The molecule has 1 heterocycles. The van der Waals surface area contributed by atoms with Crippen LogP contribution in [0.5, 0.6) is 17.2 Å². The lowest BCUT2D eigenvalue weighted by molar-refractivity contribution is 0.103. The summed E-state index contributed by atoms with van der Waals surface area (Å²) >= 11 is 0. The van der Waals surface area contributed by atoms with Gasteiger partial charge in [-0.1, -0.05) is 0 Å². The maximum absolute atomic E-state index is 9.73. The molecule has 1 aromatic rings. The lowest BCUT2D eigenvalue weighted by Gasteiger charge is -2.22. The molecule has 2 aliphatic rings. The number of rotatable bonds is 1. The van der Waals surface area contributed by atoms with Gasteiger partial charge >= 0.3 is 0 Å². The third-order valence-electron chi connectivity index (χ3n) is 3.72. The van der Waals surface area contributed by atoms with Gasteiger partial charge in [0.05, 0.1) is 7.11 Å². The minimum Gasteiger partial charge on any atom is -0.504 e. The SMILES string of the molecule is COc1cc2c(cc1O)CC1(CCCC1)O2. The molecule has 1 aromatic carbocycles. The third-order valence-corrected chi connectivity index (χ3v) is 3.72. The van der Waals surface area contributed by atoms with E-state index in [4.69, 9.17) is 9.47 Å². The van der Waals surface area contributed by atoms with Crippen LogP contribution in [-0.2, 0) is 6.42 Å². The van der Waals surface area contributed by atoms with Crippen LogP contribution in [0.25, 0.3) is 0 Å². The van der Waals surface area contributed by atoms with Crippen LogP contribution in [0.1, 0.15) is 31.2 Å². The van der Waals surface area contributed by atoms with Crippen LogP contribution in [0, 0.1) is 0 Å². The summed E-state index contributed by atoms with van der Waals surface area (Å²) in [6, 6.07) is 3.58. The van der Waals surface area contributed by atoms with Crippen molar-refractivity contribution < 1.29 is 14.6 Å². The topological polar surface area (TPSA) is 38.7 Å². The minimum atomic E-state index is 0.0150. The van der Waals surface area contributed by atoms with E-state index in [1.165, 1.54) is 12.8 Å². The van der Waals surface area contributed by atoms with Gasteiger partial charge in [-0.25, -0.2) is 0 Å². The van der Waals surface area contributed by atoms with E-state index in [1.807, 2.05) is 0 Å². The Hall–Kier alpha value is -1.38. The molecule has 1 saturated carbocycles. The van der Waals surface area contributed by atoms with E-state index in [1.54, 1.807) is 19.2 Å². The monoisotopic (exact) mass is 220 g/mol. The van der Waals surface area contributed by atoms with Crippen molar-refractivity contribution in [2.24, 2.45) is 0 Å². The smallest absolute Gasteiger partial charge is 0.164 e. The number of benzene rings is 1. The zero-order valence-corrected chi connectivity index (χ0v) is 9.45. The van der Waals surface area contributed by atoms with Gasteiger partial charge in [-0.3, -0.25) is 0 Å². The van der Waals surface area contributed by atoms with E-state index in [0.29, 0.717) is 5.75 Å². The van der Waals surface area contributed by atoms with Gasteiger partial charge in [-0.2, -0.15) is 0 Å². The predicted molar refractivity (Wildman–Crippen MR) is 60.2 cm³/mol. The highest BCUT2D eigenvalue weighted by atomic mass is 16.5. The summed E-state index contributed by atoms with van der Waals surface area (Å²) in [5.74, 6) is 1.59. The highest BCUT2D eigenvalue weighted by Crippen LogP contribution is 2.47. The zero-order chi connectivity index (χ0) is 11.2. The molecule has 1 fully saturated rings. The van der Waals surface area contributed by atoms with E-state index < -0.39 is 0 Å². The molecule has 86 valence electrons. The molecule has 0 aromatic heterocycles. The number of fused-ring (bicyclic) bond motifs is 1. The zero-order valence-electron chi connectivity index (χ0n) is 9.45. The minimum absolute atomic E-state index is 0.0150. The molecular formula is C13H16O3. The summed E-state index contributed by atoms with van der Waals surface area (Å²) in [5.41, 5.74) is 1.13. The van der Waals surface area contributed by atoms with Gasteiger partial charge in [-0.15, -0.1) is 0 Å². The third kappa shape index (κ3) is 1.34. The van der Waals surface area contributed by atoms with Crippen LogP contribution in [0.3, 0.4) is 0 Å². The molecule has 16 heavy (non-hydrogen) atoms. The standard InChI is InChI=1S/C13H16O3/c1-15-12-7-11-9(6-10(12)14)8-13(16-11)4-2-3-5-13/h6-7,14H,2-5,8H2,1H3. The van der Waals surface area contributed by atoms with Crippen LogP contribution < -0.4 is 9.47 Å². The van der Waals surface area contributed by atoms with Crippen molar-refractivity contribution in [3.63, 3.8) is 0 Å². The fraction of sp³-hybridized carbons (Fsp3) is 0.538. The van der Waals surface area contributed by atoms with Gasteiger partial charge in [0.2, 0.25) is 0 Å². The summed E-state index contributed by atoms with van der Waals surface area (Å²) in [6.45, 7) is 0. The highest BCUT2D eigenvalue weighted by molar-refractivity contribution is 5.52. The van der Waals surface area contributed by atoms with Gasteiger partial charge in [0.1, 0.15) is 11.4 Å². The Morgan fingerprint density at radius 3 is 2.75 bits per heavy atom. The number of phenols is 1. The molecule has 3 heteroatoms. The molecule has 0 atom stereocenters. The Morgan fingerprint density at radius 1 is 1.31 bits per heavy atom. The summed E-state index contributed by atoms with van der Waals surface area (Å²) in [6.07, 6.45) is 5.68. The average molecular weight is 220 g/mol. The van der Waals surface area contributed by atoms with Gasteiger partial charge in [-0.05, 0) is 31.7 Å². The summed E-state index contributed by atoms with van der Waals surface area (Å²) in [4.78, 5) is 0. The van der Waals surface area contributed by atoms with Crippen LogP contribution >= 0.6 is 0 Å². The predicted octanol–water partition coefficient (Wildman–Crippen LogP) is 2.65. The van der Waals surface area contributed by atoms with Gasteiger partial charge in [0, 0.05) is 18.1 Å². The molecule has 3 nitrogen and oxygen atoms in total. The lowest BCUT2D eigenvalue weighted by Crippen LogP contribution is -2.29. The molecule has 1 spiro atoms. The normalized spacial score (nSPS) is 20.8. The van der Waals surface area contributed by atoms with Crippen molar-refractivity contribution in [3.8, 4) is 17.2 Å². The number of aromatic hydroxyl groups is 1. The molecule has 0 saturated heterocycles. The molecule has 0 bridgehead atoms. The fourth-order valence-corrected chi connectivity index (χ4v) is 2.90. The van der Waals surface area contributed by atoms with Crippen LogP contribution in [0.2, 0.25) is 0 Å². The number of ether oxygens (including phenoxy) is 2. The van der Waals surface area contributed by atoms with E-state index >= 15 is 0 Å². The maximum Gasteiger partial charge on any atom is 0.164 e. The fourth-order valence-electron chi connectivity index (χ4n) is 2.90. The highest BCUT2D eigenvalue weighted by Gasteiger charge is 2.42. The second-order valence-electron chi connectivity index (χ2n) is 4.80. The summed E-state index contributed by atoms with van der Waals surface area (Å²) < 4.78 is 11.2.